The molecule has 4 nitrogen and oxygen atoms in total. The van der Waals surface area contributed by atoms with Gasteiger partial charge in [0.05, 0.1) is 7.11 Å². The zero-order valence-electron chi connectivity index (χ0n) is 10.9. The number of ether oxygens (including phenoxy) is 1. The summed E-state index contributed by atoms with van der Waals surface area (Å²) in [5.74, 6) is 0.564. The van der Waals surface area contributed by atoms with Crippen LogP contribution in [0.1, 0.15) is 26.2 Å². The maximum absolute atomic E-state index is 11.8. The number of hydrogen-bond acceptors (Lipinski definition) is 4. The summed E-state index contributed by atoms with van der Waals surface area (Å²) < 4.78 is 4.89. The molecular weight excluding hydrogens is 204 g/mol. The van der Waals surface area contributed by atoms with Gasteiger partial charge in [-0.15, -0.1) is 0 Å². The zero-order valence-corrected chi connectivity index (χ0v) is 10.9. The smallest absolute Gasteiger partial charge is 0.325 e. The van der Waals surface area contributed by atoms with Gasteiger partial charge in [0.2, 0.25) is 0 Å². The van der Waals surface area contributed by atoms with Crippen molar-refractivity contribution in [3.8, 4) is 0 Å². The van der Waals surface area contributed by atoms with Gasteiger partial charge in [-0.1, -0.05) is 12.8 Å². The third-order valence-electron chi connectivity index (χ3n) is 3.10. The number of likely N-dealkylation sites (N-methyl/N-ethyl adjacent to an activating group) is 1. The average Bonchev–Trinajstić information content (AvgIpc) is 2.99. The quantitative estimate of drug-likeness (QED) is 0.657. The lowest BCUT2D eigenvalue weighted by atomic mass is 9.95. The van der Waals surface area contributed by atoms with Gasteiger partial charge in [0.1, 0.15) is 5.54 Å². The molecule has 0 aromatic heterocycles. The molecule has 1 unspecified atom stereocenters. The highest BCUT2D eigenvalue weighted by molar-refractivity contribution is 5.80. The van der Waals surface area contributed by atoms with Gasteiger partial charge in [0.15, 0.2) is 0 Å². The molecular formula is C12H24N2O2. The number of carbonyl (C=O) groups excluding carboxylic acids is 1. The van der Waals surface area contributed by atoms with Crippen LogP contribution in [0.25, 0.3) is 0 Å². The number of methoxy groups -OCH3 is 1. The van der Waals surface area contributed by atoms with Crippen molar-refractivity contribution in [2.75, 3.05) is 34.3 Å². The third kappa shape index (κ3) is 4.10. The van der Waals surface area contributed by atoms with Crippen molar-refractivity contribution in [1.29, 1.82) is 0 Å². The molecule has 0 bridgehead atoms. The number of carbonyl (C=O) groups is 1. The van der Waals surface area contributed by atoms with Crippen molar-refractivity contribution in [2.45, 2.75) is 31.7 Å². The van der Waals surface area contributed by atoms with Gasteiger partial charge >= 0.3 is 5.97 Å². The second-order valence-electron chi connectivity index (χ2n) is 5.20. The topological polar surface area (TPSA) is 41.6 Å². The molecule has 0 amide bonds. The Hall–Kier alpha value is -0.610. The molecule has 16 heavy (non-hydrogen) atoms. The largest absolute Gasteiger partial charge is 0.468 e. The summed E-state index contributed by atoms with van der Waals surface area (Å²) >= 11 is 0. The summed E-state index contributed by atoms with van der Waals surface area (Å²) in [6, 6.07) is 0. The van der Waals surface area contributed by atoms with Crippen LogP contribution in [0.2, 0.25) is 0 Å². The highest BCUT2D eigenvalue weighted by Gasteiger charge is 2.39. The molecule has 1 saturated carbocycles. The third-order valence-corrected chi connectivity index (χ3v) is 3.10. The lowest BCUT2D eigenvalue weighted by molar-refractivity contribution is -0.148. The van der Waals surface area contributed by atoms with Crippen LogP contribution in [0.5, 0.6) is 0 Å². The normalized spacial score (nSPS) is 19.6. The first kappa shape index (κ1) is 13.5. The highest BCUT2D eigenvalue weighted by Crippen LogP contribution is 2.37. The van der Waals surface area contributed by atoms with Gasteiger partial charge in [-0.3, -0.25) is 4.79 Å². The summed E-state index contributed by atoms with van der Waals surface area (Å²) in [5, 5.41) is 3.33. The molecule has 0 spiro atoms. The number of nitrogens with one attached hydrogen (secondary N) is 1. The van der Waals surface area contributed by atoms with Crippen molar-refractivity contribution >= 4 is 5.97 Å². The minimum Gasteiger partial charge on any atom is -0.468 e. The fraction of sp³-hybridized carbons (Fsp3) is 0.917. The Bertz CT molecular complexity index is 239. The molecule has 0 radical (unpaired) electrons. The van der Waals surface area contributed by atoms with Crippen molar-refractivity contribution in [3.05, 3.63) is 0 Å². The monoisotopic (exact) mass is 228 g/mol. The highest BCUT2D eigenvalue weighted by atomic mass is 16.5. The predicted octanol–water partition coefficient (Wildman–Crippen LogP) is 0.869. The molecule has 94 valence electrons. The summed E-state index contributed by atoms with van der Waals surface area (Å²) in [6.07, 6.45) is 3.40. The fourth-order valence-corrected chi connectivity index (χ4v) is 1.91. The van der Waals surface area contributed by atoms with Crippen molar-refractivity contribution in [1.82, 2.24) is 10.2 Å². The molecule has 0 saturated heterocycles. The van der Waals surface area contributed by atoms with Crippen LogP contribution in [-0.4, -0.2) is 50.7 Å². The minimum absolute atomic E-state index is 0.141. The molecule has 1 rings (SSSR count). The van der Waals surface area contributed by atoms with E-state index in [9.17, 15) is 4.79 Å². The molecule has 0 heterocycles. The Kier molecular flexibility index (Phi) is 4.74. The van der Waals surface area contributed by atoms with Gasteiger partial charge in [-0.2, -0.15) is 0 Å². The first-order chi connectivity index (χ1) is 7.48. The van der Waals surface area contributed by atoms with Gasteiger partial charge in [-0.05, 0) is 33.4 Å². The van der Waals surface area contributed by atoms with Crippen LogP contribution in [0.3, 0.4) is 0 Å². The van der Waals surface area contributed by atoms with E-state index in [1.807, 2.05) is 21.0 Å². The van der Waals surface area contributed by atoms with Crippen LogP contribution in [0.15, 0.2) is 0 Å². The Labute approximate surface area is 98.3 Å². The molecule has 1 aliphatic rings. The van der Waals surface area contributed by atoms with Crippen LogP contribution >= 0.6 is 0 Å². The Morgan fingerprint density at radius 1 is 1.50 bits per heavy atom. The van der Waals surface area contributed by atoms with Gasteiger partial charge in [-0.25, -0.2) is 0 Å². The number of rotatable bonds is 7. The maximum Gasteiger partial charge on any atom is 0.325 e. The van der Waals surface area contributed by atoms with Crippen molar-refractivity contribution < 1.29 is 9.53 Å². The van der Waals surface area contributed by atoms with Crippen molar-refractivity contribution in [2.24, 2.45) is 5.92 Å². The van der Waals surface area contributed by atoms with E-state index in [2.05, 4.69) is 10.2 Å². The standard InChI is InChI=1S/C12H24N2O2/c1-12(11(15)16-4,9-10-5-6-10)13-7-8-14(2)3/h10,13H,5-9H2,1-4H3. The second-order valence-corrected chi connectivity index (χ2v) is 5.20. The Morgan fingerprint density at radius 2 is 2.12 bits per heavy atom. The van der Waals surface area contributed by atoms with E-state index in [4.69, 9.17) is 4.74 Å². The first-order valence-electron chi connectivity index (χ1n) is 5.96. The van der Waals surface area contributed by atoms with Crippen molar-refractivity contribution in [3.63, 3.8) is 0 Å². The van der Waals surface area contributed by atoms with E-state index in [-0.39, 0.29) is 5.97 Å². The zero-order chi connectivity index (χ0) is 12.2. The maximum atomic E-state index is 11.8. The molecule has 4 heteroatoms. The van der Waals surface area contributed by atoms with Crippen LogP contribution in [0.4, 0.5) is 0 Å². The Morgan fingerprint density at radius 3 is 2.56 bits per heavy atom. The average molecular weight is 228 g/mol. The van der Waals surface area contributed by atoms with Gasteiger partial charge < -0.3 is 15.0 Å². The first-order valence-corrected chi connectivity index (χ1v) is 5.96. The summed E-state index contributed by atoms with van der Waals surface area (Å²) in [5.41, 5.74) is -0.508. The SMILES string of the molecule is COC(=O)C(C)(CC1CC1)NCCN(C)C. The van der Waals surface area contributed by atoms with E-state index < -0.39 is 5.54 Å². The number of esters is 1. The van der Waals surface area contributed by atoms with Crippen LogP contribution < -0.4 is 5.32 Å². The lowest BCUT2D eigenvalue weighted by Gasteiger charge is -2.28. The molecule has 1 aliphatic carbocycles. The number of nitrogens with zero attached hydrogens (tertiary/aromatic N) is 1. The number of hydrogen-bond donors (Lipinski definition) is 1. The second kappa shape index (κ2) is 5.64. The molecule has 1 N–H and O–H groups in total. The summed E-state index contributed by atoms with van der Waals surface area (Å²) in [7, 11) is 5.51. The summed E-state index contributed by atoms with van der Waals surface area (Å²) in [6.45, 7) is 3.69. The molecule has 0 aliphatic heterocycles. The van der Waals surface area contributed by atoms with Crippen LogP contribution in [-0.2, 0) is 9.53 Å². The molecule has 1 atom stereocenters. The van der Waals surface area contributed by atoms with E-state index in [1.54, 1.807) is 0 Å². The molecule has 1 fully saturated rings. The minimum atomic E-state index is -0.508. The predicted molar refractivity (Wildman–Crippen MR) is 64.3 cm³/mol. The van der Waals surface area contributed by atoms with E-state index in [1.165, 1.54) is 20.0 Å². The van der Waals surface area contributed by atoms with Crippen LogP contribution in [0, 0.1) is 5.92 Å². The lowest BCUT2D eigenvalue weighted by Crippen LogP contribution is -2.52. The van der Waals surface area contributed by atoms with E-state index in [0.717, 1.165) is 19.5 Å². The molecule has 0 aromatic carbocycles. The Balaban J connectivity index is 2.44. The fourth-order valence-electron chi connectivity index (χ4n) is 1.91. The van der Waals surface area contributed by atoms with E-state index in [0.29, 0.717) is 5.92 Å². The van der Waals surface area contributed by atoms with Gasteiger partial charge in [0.25, 0.3) is 0 Å². The van der Waals surface area contributed by atoms with Gasteiger partial charge in [0, 0.05) is 13.1 Å². The molecule has 0 aromatic rings. The van der Waals surface area contributed by atoms with E-state index >= 15 is 0 Å². The summed E-state index contributed by atoms with van der Waals surface area (Å²) in [4.78, 5) is 13.9.